The quantitative estimate of drug-likeness (QED) is 0.725. The number of pyridine rings is 1. The highest BCUT2D eigenvalue weighted by molar-refractivity contribution is 5.92. The Bertz CT molecular complexity index is 885. The number of piperazine rings is 1. The van der Waals surface area contributed by atoms with Crippen LogP contribution in [0.3, 0.4) is 0 Å². The lowest BCUT2D eigenvalue weighted by atomic mass is 10.2. The largest absolute Gasteiger partial charge is 0.451 e. The van der Waals surface area contributed by atoms with Gasteiger partial charge in [0.2, 0.25) is 0 Å². The van der Waals surface area contributed by atoms with Gasteiger partial charge in [-0.3, -0.25) is 4.79 Å². The molecule has 0 N–H and O–H groups in total. The molecule has 1 saturated heterocycles. The van der Waals surface area contributed by atoms with Crippen molar-refractivity contribution in [3.63, 3.8) is 0 Å². The molecule has 1 aliphatic rings. The summed E-state index contributed by atoms with van der Waals surface area (Å²) in [5.74, 6) is 1.36. The zero-order valence-corrected chi connectivity index (χ0v) is 14.1. The maximum absolute atomic E-state index is 13.0. The number of benzene rings is 1. The number of halogens is 1. The van der Waals surface area contributed by atoms with Gasteiger partial charge >= 0.3 is 0 Å². The van der Waals surface area contributed by atoms with Crippen molar-refractivity contribution in [3.8, 4) is 11.3 Å². The van der Waals surface area contributed by atoms with Crippen molar-refractivity contribution in [2.75, 3.05) is 31.1 Å². The van der Waals surface area contributed by atoms with E-state index in [0.717, 1.165) is 24.5 Å². The maximum Gasteiger partial charge on any atom is 0.289 e. The van der Waals surface area contributed by atoms with Gasteiger partial charge in [0, 0.05) is 37.9 Å². The van der Waals surface area contributed by atoms with E-state index >= 15 is 0 Å². The molecule has 3 heterocycles. The highest BCUT2D eigenvalue weighted by Crippen LogP contribution is 2.23. The molecule has 0 saturated carbocycles. The van der Waals surface area contributed by atoms with Gasteiger partial charge in [0.25, 0.3) is 5.91 Å². The molecular weight excluding hydrogens is 333 g/mol. The second kappa shape index (κ2) is 7.00. The summed E-state index contributed by atoms with van der Waals surface area (Å²) in [7, 11) is 0. The normalized spacial score (nSPS) is 14.5. The standard InChI is InChI=1S/C20H18FN3O2/c21-16-6-4-15(5-7-16)17-8-9-18(26-17)20(25)24-13-11-23(12-14-24)19-3-1-2-10-22-19/h1-10H,11-14H2. The van der Waals surface area contributed by atoms with Crippen LogP contribution in [0.25, 0.3) is 11.3 Å². The number of hydrogen-bond acceptors (Lipinski definition) is 4. The molecule has 0 atom stereocenters. The van der Waals surface area contributed by atoms with Gasteiger partial charge in [-0.05, 0) is 48.5 Å². The Morgan fingerprint density at radius 2 is 1.73 bits per heavy atom. The molecule has 0 aliphatic carbocycles. The van der Waals surface area contributed by atoms with Crippen LogP contribution >= 0.6 is 0 Å². The minimum atomic E-state index is -0.303. The molecule has 6 heteroatoms. The van der Waals surface area contributed by atoms with Gasteiger partial charge in [-0.25, -0.2) is 9.37 Å². The summed E-state index contributed by atoms with van der Waals surface area (Å²) in [6.07, 6.45) is 1.77. The lowest BCUT2D eigenvalue weighted by molar-refractivity contribution is 0.0715. The van der Waals surface area contributed by atoms with Gasteiger partial charge in [-0.1, -0.05) is 6.07 Å². The number of aromatic nitrogens is 1. The molecule has 1 aromatic carbocycles. The van der Waals surface area contributed by atoms with E-state index in [1.807, 2.05) is 18.2 Å². The molecule has 1 fully saturated rings. The SMILES string of the molecule is O=C(c1ccc(-c2ccc(F)cc2)o1)N1CCN(c2ccccn2)CC1. The summed E-state index contributed by atoms with van der Waals surface area (Å²) in [6, 6.07) is 15.2. The molecule has 4 rings (SSSR count). The maximum atomic E-state index is 13.0. The van der Waals surface area contributed by atoms with Crippen molar-refractivity contribution in [2.45, 2.75) is 0 Å². The molecule has 1 aliphatic heterocycles. The van der Waals surface area contributed by atoms with E-state index in [2.05, 4.69) is 9.88 Å². The van der Waals surface area contributed by atoms with Crippen LogP contribution in [0.15, 0.2) is 65.2 Å². The first-order valence-electron chi connectivity index (χ1n) is 8.52. The number of anilines is 1. The number of carbonyl (C=O) groups excluding carboxylic acids is 1. The van der Waals surface area contributed by atoms with Gasteiger partial charge in [-0.2, -0.15) is 0 Å². The first-order chi connectivity index (χ1) is 12.7. The van der Waals surface area contributed by atoms with Crippen molar-refractivity contribution in [1.82, 2.24) is 9.88 Å². The summed E-state index contributed by atoms with van der Waals surface area (Å²) in [5.41, 5.74) is 0.741. The predicted molar refractivity (Wildman–Crippen MR) is 96.5 cm³/mol. The molecule has 132 valence electrons. The molecule has 0 bridgehead atoms. The van der Waals surface area contributed by atoms with Gasteiger partial charge in [0.1, 0.15) is 17.4 Å². The fourth-order valence-electron chi connectivity index (χ4n) is 3.06. The van der Waals surface area contributed by atoms with Gasteiger partial charge in [0.05, 0.1) is 0 Å². The zero-order valence-electron chi connectivity index (χ0n) is 14.1. The Morgan fingerprint density at radius 1 is 0.962 bits per heavy atom. The Balaban J connectivity index is 1.42. The van der Waals surface area contributed by atoms with Crippen LogP contribution in [0.2, 0.25) is 0 Å². The van der Waals surface area contributed by atoms with Crippen LogP contribution in [0.1, 0.15) is 10.6 Å². The average molecular weight is 351 g/mol. The van der Waals surface area contributed by atoms with Crippen molar-refractivity contribution >= 4 is 11.7 Å². The number of furan rings is 1. The Kier molecular flexibility index (Phi) is 4.39. The van der Waals surface area contributed by atoms with E-state index in [-0.39, 0.29) is 11.7 Å². The number of rotatable bonds is 3. The summed E-state index contributed by atoms with van der Waals surface area (Å²) < 4.78 is 18.7. The number of carbonyl (C=O) groups is 1. The monoisotopic (exact) mass is 351 g/mol. The molecule has 1 amide bonds. The molecule has 3 aromatic rings. The molecule has 0 unspecified atom stereocenters. The van der Waals surface area contributed by atoms with Gasteiger partial charge in [-0.15, -0.1) is 0 Å². The molecule has 0 spiro atoms. The Hall–Kier alpha value is -3.15. The summed E-state index contributed by atoms with van der Waals surface area (Å²) in [5, 5.41) is 0. The van der Waals surface area contributed by atoms with Gasteiger partial charge < -0.3 is 14.2 Å². The topological polar surface area (TPSA) is 49.6 Å². The van der Waals surface area contributed by atoms with E-state index in [4.69, 9.17) is 4.42 Å². The van der Waals surface area contributed by atoms with Crippen molar-refractivity contribution in [3.05, 3.63) is 72.4 Å². The third kappa shape index (κ3) is 3.31. The van der Waals surface area contributed by atoms with E-state index in [1.165, 1.54) is 12.1 Å². The minimum absolute atomic E-state index is 0.126. The smallest absolute Gasteiger partial charge is 0.289 e. The van der Waals surface area contributed by atoms with Crippen LogP contribution < -0.4 is 4.90 Å². The van der Waals surface area contributed by atoms with Gasteiger partial charge in [0.15, 0.2) is 5.76 Å². The lowest BCUT2D eigenvalue weighted by Gasteiger charge is -2.34. The highest BCUT2D eigenvalue weighted by Gasteiger charge is 2.24. The van der Waals surface area contributed by atoms with Crippen molar-refractivity contribution in [2.24, 2.45) is 0 Å². The zero-order chi connectivity index (χ0) is 17.9. The van der Waals surface area contributed by atoms with Crippen LogP contribution in [0.4, 0.5) is 10.2 Å². The summed E-state index contributed by atoms with van der Waals surface area (Å²) in [6.45, 7) is 2.69. The average Bonchev–Trinajstić information content (AvgIpc) is 3.19. The fourth-order valence-corrected chi connectivity index (χ4v) is 3.06. The van der Waals surface area contributed by atoms with Crippen molar-refractivity contribution < 1.29 is 13.6 Å². The highest BCUT2D eigenvalue weighted by atomic mass is 19.1. The van der Waals surface area contributed by atoms with E-state index < -0.39 is 0 Å². The van der Waals surface area contributed by atoms with Crippen molar-refractivity contribution in [1.29, 1.82) is 0 Å². The third-order valence-corrected chi connectivity index (χ3v) is 4.49. The summed E-state index contributed by atoms with van der Waals surface area (Å²) >= 11 is 0. The predicted octanol–water partition coefficient (Wildman–Crippen LogP) is 3.44. The first kappa shape index (κ1) is 16.3. The molecule has 26 heavy (non-hydrogen) atoms. The molecule has 0 radical (unpaired) electrons. The van der Waals surface area contributed by atoms with E-state index in [1.54, 1.807) is 35.4 Å². The second-order valence-electron chi connectivity index (χ2n) is 6.14. The Morgan fingerprint density at radius 3 is 2.42 bits per heavy atom. The molecular formula is C20H18FN3O2. The molecule has 5 nitrogen and oxygen atoms in total. The van der Waals surface area contributed by atoms with Crippen LogP contribution in [0, 0.1) is 5.82 Å². The van der Waals surface area contributed by atoms with Crippen LogP contribution in [0.5, 0.6) is 0 Å². The van der Waals surface area contributed by atoms with E-state index in [9.17, 15) is 9.18 Å². The molecule has 2 aromatic heterocycles. The minimum Gasteiger partial charge on any atom is -0.451 e. The Labute approximate surface area is 150 Å². The second-order valence-corrected chi connectivity index (χ2v) is 6.14. The number of hydrogen-bond donors (Lipinski definition) is 0. The van der Waals surface area contributed by atoms with Crippen LogP contribution in [-0.2, 0) is 0 Å². The third-order valence-electron chi connectivity index (χ3n) is 4.49. The fraction of sp³-hybridized carbons (Fsp3) is 0.200. The lowest BCUT2D eigenvalue weighted by Crippen LogP contribution is -2.49. The first-order valence-corrected chi connectivity index (χ1v) is 8.52. The van der Waals surface area contributed by atoms with Crippen LogP contribution in [-0.4, -0.2) is 42.0 Å². The summed E-state index contributed by atoms with van der Waals surface area (Å²) in [4.78, 5) is 21.0. The van der Waals surface area contributed by atoms with E-state index in [0.29, 0.717) is 24.6 Å². The number of amides is 1. The number of nitrogens with zero attached hydrogens (tertiary/aromatic N) is 3.